The van der Waals surface area contributed by atoms with Gasteiger partial charge in [-0.15, -0.1) is 0 Å². The Hall–Kier alpha value is -2.59. The molecule has 10 nitrogen and oxygen atoms in total. The molecule has 0 aliphatic heterocycles. The summed E-state index contributed by atoms with van der Waals surface area (Å²) < 4.78 is 33.2. The van der Waals surface area contributed by atoms with E-state index >= 15 is 0 Å². The van der Waals surface area contributed by atoms with Crippen LogP contribution >= 0.6 is 7.82 Å². The minimum atomic E-state index is -4.63. The van der Waals surface area contributed by atoms with E-state index in [1.807, 2.05) is 0 Å². The van der Waals surface area contributed by atoms with Gasteiger partial charge in [0.2, 0.25) is 0 Å². The van der Waals surface area contributed by atoms with E-state index in [1.165, 1.54) is 6.42 Å². The van der Waals surface area contributed by atoms with Crippen molar-refractivity contribution < 1.29 is 42.7 Å². The molecular weight excluding hydrogens is 669 g/mol. The van der Waals surface area contributed by atoms with Gasteiger partial charge in [-0.2, -0.15) is 0 Å². The fourth-order valence-corrected chi connectivity index (χ4v) is 5.29. The zero-order chi connectivity index (χ0) is 37.7. The van der Waals surface area contributed by atoms with E-state index in [0.717, 1.165) is 96.3 Å². The molecule has 51 heavy (non-hydrogen) atoms. The Morgan fingerprint density at radius 1 is 0.647 bits per heavy atom. The van der Waals surface area contributed by atoms with Crippen LogP contribution < -0.4 is 5.73 Å². The number of nitrogens with two attached hydrogens (primary N) is 1. The standard InChI is InChI=1S/C40H68NO9P/c1-3-5-7-9-11-13-15-17-18-19-21-23-25-27-29-31-33-47-34-37(35-48-51(45,46)49-36-38(41)40(43)44)50-39(42)32-30-28-26-24-22-20-16-14-12-10-8-6-4-2/h5,7-8,10-11,13-14,16-18,21,23,37-38H,3-4,6,9,12,15,19-20,22,24-36,41H2,1-2H3,(H,43,44)(H,45,46)/b7-5-,10-8-,13-11-,16-14-,18-17-,23-21-. The molecule has 4 N–H and O–H groups in total. The summed E-state index contributed by atoms with van der Waals surface area (Å²) in [6.45, 7) is 3.57. The van der Waals surface area contributed by atoms with Gasteiger partial charge >= 0.3 is 19.8 Å². The summed E-state index contributed by atoms with van der Waals surface area (Å²) in [4.78, 5) is 33.4. The molecule has 0 amide bonds. The second-order valence-electron chi connectivity index (χ2n) is 12.3. The number of carboxylic acid groups (broad SMARTS) is 1. The minimum Gasteiger partial charge on any atom is -0.480 e. The molecule has 0 bridgehead atoms. The molecule has 3 unspecified atom stereocenters. The van der Waals surface area contributed by atoms with Crippen molar-refractivity contribution in [1.29, 1.82) is 0 Å². The van der Waals surface area contributed by atoms with Crippen LogP contribution in [-0.2, 0) is 32.7 Å². The lowest BCUT2D eigenvalue weighted by Gasteiger charge is -2.20. The summed E-state index contributed by atoms with van der Waals surface area (Å²) in [6.07, 6.45) is 42.4. The molecule has 0 saturated heterocycles. The number of hydrogen-bond acceptors (Lipinski definition) is 8. The van der Waals surface area contributed by atoms with E-state index < -0.39 is 45.1 Å². The summed E-state index contributed by atoms with van der Waals surface area (Å²) in [5.74, 6) is -1.82. The number of aliphatic carboxylic acids is 1. The molecule has 0 radical (unpaired) electrons. The van der Waals surface area contributed by atoms with Gasteiger partial charge in [0.15, 0.2) is 0 Å². The number of hydrogen-bond donors (Lipinski definition) is 3. The number of ether oxygens (including phenoxy) is 2. The van der Waals surface area contributed by atoms with E-state index in [2.05, 4.69) is 91.3 Å². The largest absolute Gasteiger partial charge is 0.480 e. The molecule has 0 aromatic rings. The van der Waals surface area contributed by atoms with Crippen LogP contribution in [0.3, 0.4) is 0 Å². The smallest absolute Gasteiger partial charge is 0.472 e. The zero-order valence-corrected chi connectivity index (χ0v) is 32.3. The Kier molecular flexibility index (Phi) is 34.0. The number of esters is 1. The highest BCUT2D eigenvalue weighted by Crippen LogP contribution is 2.43. The fourth-order valence-electron chi connectivity index (χ4n) is 4.51. The van der Waals surface area contributed by atoms with Gasteiger partial charge in [0.1, 0.15) is 12.1 Å². The van der Waals surface area contributed by atoms with E-state index in [4.69, 9.17) is 24.8 Å². The van der Waals surface area contributed by atoms with Gasteiger partial charge in [-0.1, -0.05) is 119 Å². The van der Waals surface area contributed by atoms with Crippen molar-refractivity contribution in [2.24, 2.45) is 5.73 Å². The first-order chi connectivity index (χ1) is 24.7. The molecule has 0 aliphatic rings. The third-order valence-corrected chi connectivity index (χ3v) is 8.40. The maximum atomic E-state index is 12.6. The molecule has 0 spiro atoms. The van der Waals surface area contributed by atoms with Gasteiger partial charge in [0.05, 0.1) is 19.8 Å². The summed E-state index contributed by atoms with van der Waals surface area (Å²) in [5, 5.41) is 8.86. The van der Waals surface area contributed by atoms with Gasteiger partial charge in [0.25, 0.3) is 0 Å². The molecule has 292 valence electrons. The minimum absolute atomic E-state index is 0.0147. The van der Waals surface area contributed by atoms with Crippen LogP contribution in [0.25, 0.3) is 0 Å². The molecule has 0 aromatic carbocycles. The van der Waals surface area contributed by atoms with E-state index in [0.29, 0.717) is 13.0 Å². The molecular formula is C40H68NO9P. The van der Waals surface area contributed by atoms with Crippen molar-refractivity contribution >= 4 is 19.8 Å². The second-order valence-corrected chi connectivity index (χ2v) is 13.8. The van der Waals surface area contributed by atoms with E-state index in [9.17, 15) is 19.0 Å². The van der Waals surface area contributed by atoms with Crippen molar-refractivity contribution in [2.45, 2.75) is 142 Å². The topological polar surface area (TPSA) is 155 Å². The average Bonchev–Trinajstić information content (AvgIpc) is 3.10. The van der Waals surface area contributed by atoms with Crippen LogP contribution in [0.4, 0.5) is 0 Å². The number of rotatable bonds is 35. The predicted molar refractivity (Wildman–Crippen MR) is 207 cm³/mol. The van der Waals surface area contributed by atoms with Crippen molar-refractivity contribution in [3.05, 3.63) is 72.9 Å². The van der Waals surface area contributed by atoms with Crippen molar-refractivity contribution in [2.75, 3.05) is 26.4 Å². The molecule has 3 atom stereocenters. The highest BCUT2D eigenvalue weighted by atomic mass is 31.2. The van der Waals surface area contributed by atoms with Crippen LogP contribution in [0.5, 0.6) is 0 Å². The third-order valence-electron chi connectivity index (χ3n) is 7.45. The van der Waals surface area contributed by atoms with Gasteiger partial charge in [-0.3, -0.25) is 18.6 Å². The van der Waals surface area contributed by atoms with Crippen molar-refractivity contribution in [3.63, 3.8) is 0 Å². The average molecular weight is 738 g/mol. The maximum Gasteiger partial charge on any atom is 0.472 e. The van der Waals surface area contributed by atoms with E-state index in [-0.39, 0.29) is 13.0 Å². The molecule has 0 rings (SSSR count). The Bertz CT molecular complexity index is 1080. The Morgan fingerprint density at radius 2 is 1.14 bits per heavy atom. The number of carbonyl (C=O) groups is 2. The lowest BCUT2D eigenvalue weighted by molar-refractivity contribution is -0.154. The normalized spacial score (nSPS) is 14.9. The molecule has 11 heteroatoms. The summed E-state index contributed by atoms with van der Waals surface area (Å²) in [5.41, 5.74) is 5.33. The first-order valence-corrected chi connectivity index (χ1v) is 20.5. The van der Waals surface area contributed by atoms with Crippen molar-refractivity contribution in [3.8, 4) is 0 Å². The summed E-state index contributed by atoms with van der Waals surface area (Å²) in [7, 11) is -4.63. The van der Waals surface area contributed by atoms with Crippen LogP contribution in [0.2, 0.25) is 0 Å². The third kappa shape index (κ3) is 35.6. The molecule has 0 aliphatic carbocycles. The summed E-state index contributed by atoms with van der Waals surface area (Å²) in [6, 6.07) is -1.48. The Balaban J connectivity index is 4.41. The zero-order valence-electron chi connectivity index (χ0n) is 31.4. The number of carbonyl (C=O) groups excluding carboxylic acids is 1. The van der Waals surface area contributed by atoms with Crippen LogP contribution in [-0.4, -0.2) is 60.5 Å². The first kappa shape index (κ1) is 48.4. The predicted octanol–water partition coefficient (Wildman–Crippen LogP) is 9.86. The van der Waals surface area contributed by atoms with E-state index in [1.54, 1.807) is 0 Å². The summed E-state index contributed by atoms with van der Waals surface area (Å²) >= 11 is 0. The van der Waals surface area contributed by atoms with Crippen molar-refractivity contribution in [1.82, 2.24) is 0 Å². The number of allylic oxidation sites excluding steroid dienone is 12. The van der Waals surface area contributed by atoms with Gasteiger partial charge in [-0.25, -0.2) is 4.57 Å². The lowest BCUT2D eigenvalue weighted by atomic mass is 10.1. The number of unbranched alkanes of at least 4 members (excludes halogenated alkanes) is 9. The fraction of sp³-hybridized carbons (Fsp3) is 0.650. The molecule has 0 aromatic heterocycles. The lowest BCUT2D eigenvalue weighted by Crippen LogP contribution is -2.34. The SMILES string of the molecule is CC/C=C\C/C=C\C/C=C\C/C=C\CCCCCOCC(COP(=O)(O)OCC(N)C(=O)O)OC(=O)CCCCCCC/C=C\C/C=C\CCC. The van der Waals surface area contributed by atoms with Gasteiger partial charge < -0.3 is 25.2 Å². The second kappa shape index (κ2) is 35.8. The van der Waals surface area contributed by atoms with Crippen LogP contribution in [0, 0.1) is 0 Å². The number of phosphoric acid groups is 1. The van der Waals surface area contributed by atoms with Gasteiger partial charge in [-0.05, 0) is 77.0 Å². The highest BCUT2D eigenvalue weighted by Gasteiger charge is 2.27. The maximum absolute atomic E-state index is 12.6. The molecule has 0 heterocycles. The molecule has 0 saturated carbocycles. The monoisotopic (exact) mass is 737 g/mol. The Morgan fingerprint density at radius 3 is 1.71 bits per heavy atom. The highest BCUT2D eigenvalue weighted by molar-refractivity contribution is 7.47. The van der Waals surface area contributed by atoms with Gasteiger partial charge in [0, 0.05) is 13.0 Å². The van der Waals surface area contributed by atoms with Crippen LogP contribution in [0.1, 0.15) is 129 Å². The Labute approximate surface area is 308 Å². The first-order valence-electron chi connectivity index (χ1n) is 19.0. The number of carboxylic acids is 1. The van der Waals surface area contributed by atoms with Crippen LogP contribution in [0.15, 0.2) is 72.9 Å². The molecule has 0 fully saturated rings. The number of phosphoric ester groups is 1. The quantitative estimate of drug-likeness (QED) is 0.0248.